The molecule has 0 aliphatic heterocycles. The van der Waals surface area contributed by atoms with Gasteiger partial charge in [0.2, 0.25) is 11.8 Å². The number of aliphatic hydroxyl groups excluding tert-OH is 1. The summed E-state index contributed by atoms with van der Waals surface area (Å²) in [7, 11) is 0. The van der Waals surface area contributed by atoms with Gasteiger partial charge in [-0.1, -0.05) is 54.1 Å². The van der Waals surface area contributed by atoms with Gasteiger partial charge < -0.3 is 14.3 Å². The largest absolute Gasteiger partial charge is 0.490 e. The standard InChI is InChI=1S/C26H29N3O3/c1-18(2)29(16-25-27-28-26(32-25)21-13-11-19(3)12-14-21)15-22(30)17-31-24-10-6-8-20-7-4-5-9-23(20)24/h4-14,18,22,30H,15-17H2,1-3H3. The number of hydrogen-bond acceptors (Lipinski definition) is 6. The van der Waals surface area contributed by atoms with Crippen LogP contribution in [0.15, 0.2) is 71.1 Å². The van der Waals surface area contributed by atoms with Crippen molar-refractivity contribution in [2.24, 2.45) is 0 Å². The lowest BCUT2D eigenvalue weighted by molar-refractivity contribution is 0.0513. The molecule has 0 aliphatic rings. The number of rotatable bonds is 9. The molecule has 32 heavy (non-hydrogen) atoms. The second-order valence-corrected chi connectivity index (χ2v) is 8.33. The Labute approximate surface area is 188 Å². The van der Waals surface area contributed by atoms with Gasteiger partial charge in [0.15, 0.2) is 0 Å². The Bertz CT molecular complexity index is 1150. The number of aromatic nitrogens is 2. The highest BCUT2D eigenvalue weighted by molar-refractivity contribution is 5.88. The lowest BCUT2D eigenvalue weighted by Crippen LogP contribution is -2.39. The van der Waals surface area contributed by atoms with E-state index in [4.69, 9.17) is 9.15 Å². The first-order chi connectivity index (χ1) is 15.5. The van der Waals surface area contributed by atoms with E-state index in [0.717, 1.165) is 22.1 Å². The van der Waals surface area contributed by atoms with E-state index >= 15 is 0 Å². The minimum Gasteiger partial charge on any atom is -0.490 e. The molecule has 1 heterocycles. The molecule has 0 aliphatic carbocycles. The predicted molar refractivity (Wildman–Crippen MR) is 125 cm³/mol. The third-order valence-corrected chi connectivity index (χ3v) is 5.46. The molecule has 1 unspecified atom stereocenters. The maximum absolute atomic E-state index is 10.7. The Kier molecular flexibility index (Phi) is 6.83. The highest BCUT2D eigenvalue weighted by Gasteiger charge is 2.19. The summed E-state index contributed by atoms with van der Waals surface area (Å²) in [5.41, 5.74) is 2.08. The first kappa shape index (κ1) is 22.0. The molecule has 1 atom stereocenters. The predicted octanol–water partition coefficient (Wildman–Crippen LogP) is 4.85. The number of nitrogens with zero attached hydrogens (tertiary/aromatic N) is 3. The van der Waals surface area contributed by atoms with E-state index in [0.29, 0.717) is 24.9 Å². The minimum absolute atomic E-state index is 0.192. The summed E-state index contributed by atoms with van der Waals surface area (Å²) >= 11 is 0. The molecule has 4 rings (SSSR count). The second-order valence-electron chi connectivity index (χ2n) is 8.33. The van der Waals surface area contributed by atoms with E-state index in [1.54, 1.807) is 0 Å². The highest BCUT2D eigenvalue weighted by Crippen LogP contribution is 2.25. The summed E-state index contributed by atoms with van der Waals surface area (Å²) in [5, 5.41) is 21.2. The van der Waals surface area contributed by atoms with Crippen LogP contribution in [0.5, 0.6) is 5.75 Å². The Balaban J connectivity index is 1.37. The zero-order chi connectivity index (χ0) is 22.5. The van der Waals surface area contributed by atoms with E-state index in [-0.39, 0.29) is 12.6 Å². The fourth-order valence-corrected chi connectivity index (χ4v) is 3.59. The fourth-order valence-electron chi connectivity index (χ4n) is 3.59. The van der Waals surface area contributed by atoms with Crippen molar-refractivity contribution in [3.63, 3.8) is 0 Å². The number of ether oxygens (including phenoxy) is 1. The molecule has 6 heteroatoms. The van der Waals surface area contributed by atoms with Gasteiger partial charge >= 0.3 is 0 Å². The number of aliphatic hydroxyl groups is 1. The molecular weight excluding hydrogens is 402 g/mol. The molecule has 0 saturated carbocycles. The van der Waals surface area contributed by atoms with Crippen molar-refractivity contribution in [3.8, 4) is 17.2 Å². The Morgan fingerprint density at radius 1 is 0.969 bits per heavy atom. The zero-order valence-electron chi connectivity index (χ0n) is 18.7. The summed E-state index contributed by atoms with van der Waals surface area (Å²) in [6.45, 7) is 7.30. The monoisotopic (exact) mass is 431 g/mol. The van der Waals surface area contributed by atoms with Crippen molar-refractivity contribution in [1.82, 2.24) is 15.1 Å². The van der Waals surface area contributed by atoms with Gasteiger partial charge in [0.1, 0.15) is 18.5 Å². The van der Waals surface area contributed by atoms with Gasteiger partial charge in [-0.15, -0.1) is 10.2 Å². The van der Waals surface area contributed by atoms with Crippen molar-refractivity contribution in [2.75, 3.05) is 13.2 Å². The van der Waals surface area contributed by atoms with E-state index in [2.05, 4.69) is 28.9 Å². The quantitative estimate of drug-likeness (QED) is 0.409. The van der Waals surface area contributed by atoms with Crippen LogP contribution >= 0.6 is 0 Å². The Hall–Kier alpha value is -3.22. The normalized spacial score (nSPS) is 12.6. The van der Waals surface area contributed by atoms with Crippen molar-refractivity contribution in [2.45, 2.75) is 39.5 Å². The highest BCUT2D eigenvalue weighted by atomic mass is 16.5. The summed E-state index contributed by atoms with van der Waals surface area (Å²) in [6, 6.07) is 22.2. The summed E-state index contributed by atoms with van der Waals surface area (Å²) in [4.78, 5) is 2.10. The van der Waals surface area contributed by atoms with Crippen LogP contribution in [-0.4, -0.2) is 45.5 Å². The molecule has 166 valence electrons. The maximum atomic E-state index is 10.7. The smallest absolute Gasteiger partial charge is 0.247 e. The molecule has 0 saturated heterocycles. The summed E-state index contributed by atoms with van der Waals surface area (Å²) in [6.07, 6.45) is -0.657. The van der Waals surface area contributed by atoms with Crippen LogP contribution in [0.1, 0.15) is 25.3 Å². The molecule has 1 N–H and O–H groups in total. The lowest BCUT2D eigenvalue weighted by Gasteiger charge is -2.27. The van der Waals surface area contributed by atoms with E-state index in [1.165, 1.54) is 5.56 Å². The topological polar surface area (TPSA) is 71.6 Å². The van der Waals surface area contributed by atoms with Crippen LogP contribution in [0.2, 0.25) is 0 Å². The number of fused-ring (bicyclic) bond motifs is 1. The number of hydrogen-bond donors (Lipinski definition) is 1. The molecule has 0 bridgehead atoms. The molecule has 0 spiro atoms. The lowest BCUT2D eigenvalue weighted by atomic mass is 10.1. The van der Waals surface area contributed by atoms with Crippen LogP contribution < -0.4 is 4.74 Å². The van der Waals surface area contributed by atoms with Crippen molar-refractivity contribution in [3.05, 3.63) is 78.2 Å². The van der Waals surface area contributed by atoms with Gasteiger partial charge in [-0.3, -0.25) is 4.90 Å². The van der Waals surface area contributed by atoms with E-state index in [1.807, 2.05) is 73.7 Å². The van der Waals surface area contributed by atoms with Gasteiger partial charge in [-0.25, -0.2) is 0 Å². The van der Waals surface area contributed by atoms with Crippen LogP contribution in [0, 0.1) is 6.92 Å². The van der Waals surface area contributed by atoms with Crippen LogP contribution in [0.3, 0.4) is 0 Å². The minimum atomic E-state index is -0.657. The SMILES string of the molecule is Cc1ccc(-c2nnc(CN(CC(O)COc3cccc4ccccc34)C(C)C)o2)cc1. The van der Waals surface area contributed by atoms with Crippen LogP contribution in [0.4, 0.5) is 0 Å². The van der Waals surface area contributed by atoms with Gasteiger partial charge in [0.05, 0.1) is 6.54 Å². The number of benzene rings is 3. The molecule has 1 aromatic heterocycles. The molecular formula is C26H29N3O3. The van der Waals surface area contributed by atoms with E-state index in [9.17, 15) is 5.11 Å². The third-order valence-electron chi connectivity index (χ3n) is 5.46. The fraction of sp³-hybridized carbons (Fsp3) is 0.308. The maximum Gasteiger partial charge on any atom is 0.247 e. The van der Waals surface area contributed by atoms with Crippen molar-refractivity contribution < 1.29 is 14.3 Å². The summed E-state index contributed by atoms with van der Waals surface area (Å²) < 4.78 is 11.8. The number of aryl methyl sites for hydroxylation is 1. The Morgan fingerprint density at radius 3 is 2.50 bits per heavy atom. The van der Waals surface area contributed by atoms with Crippen molar-refractivity contribution >= 4 is 10.8 Å². The second kappa shape index (κ2) is 9.94. The summed E-state index contributed by atoms with van der Waals surface area (Å²) in [5.74, 6) is 1.80. The first-order valence-electron chi connectivity index (χ1n) is 10.9. The molecule has 3 aromatic carbocycles. The zero-order valence-corrected chi connectivity index (χ0v) is 18.7. The molecule has 0 radical (unpaired) electrons. The average Bonchev–Trinajstić information content (AvgIpc) is 3.26. The molecule has 0 amide bonds. The van der Waals surface area contributed by atoms with Crippen molar-refractivity contribution in [1.29, 1.82) is 0 Å². The van der Waals surface area contributed by atoms with Gasteiger partial charge in [0, 0.05) is 23.5 Å². The van der Waals surface area contributed by atoms with Gasteiger partial charge in [0.25, 0.3) is 0 Å². The van der Waals surface area contributed by atoms with Crippen LogP contribution in [0.25, 0.3) is 22.2 Å². The van der Waals surface area contributed by atoms with E-state index < -0.39 is 6.10 Å². The first-order valence-corrected chi connectivity index (χ1v) is 10.9. The Morgan fingerprint density at radius 2 is 1.72 bits per heavy atom. The average molecular weight is 432 g/mol. The van der Waals surface area contributed by atoms with Gasteiger partial charge in [-0.2, -0.15) is 0 Å². The molecule has 4 aromatic rings. The molecule has 0 fully saturated rings. The third kappa shape index (κ3) is 5.33. The van der Waals surface area contributed by atoms with Crippen LogP contribution in [-0.2, 0) is 6.54 Å². The molecule has 6 nitrogen and oxygen atoms in total. The van der Waals surface area contributed by atoms with Gasteiger partial charge in [-0.05, 0) is 44.4 Å².